The van der Waals surface area contributed by atoms with E-state index in [-0.39, 0.29) is 5.76 Å². The molecular formula is C24H20Cl2N2O4. The summed E-state index contributed by atoms with van der Waals surface area (Å²) in [5.74, 6) is 0.145. The second-order valence-corrected chi connectivity index (χ2v) is 8.30. The van der Waals surface area contributed by atoms with Crippen LogP contribution < -0.4 is 10.2 Å². The number of benzene rings is 2. The molecule has 0 aliphatic heterocycles. The molecule has 1 aliphatic rings. The zero-order chi connectivity index (χ0) is 22.8. The summed E-state index contributed by atoms with van der Waals surface area (Å²) in [6, 6.07) is 11.7. The minimum absolute atomic E-state index is 0.120. The van der Waals surface area contributed by atoms with Gasteiger partial charge in [0.1, 0.15) is 11.5 Å². The van der Waals surface area contributed by atoms with Gasteiger partial charge in [0.2, 0.25) is 5.76 Å². The Bertz CT molecular complexity index is 1250. The maximum absolute atomic E-state index is 12.8. The second-order valence-electron chi connectivity index (χ2n) is 7.49. The number of rotatable bonds is 4. The highest BCUT2D eigenvalue weighted by molar-refractivity contribution is 6.33. The van der Waals surface area contributed by atoms with Crippen molar-refractivity contribution in [1.82, 2.24) is 5.43 Å². The van der Waals surface area contributed by atoms with E-state index in [1.165, 1.54) is 0 Å². The van der Waals surface area contributed by atoms with E-state index in [0.717, 1.165) is 17.5 Å². The minimum atomic E-state index is -0.599. The lowest BCUT2D eigenvalue weighted by molar-refractivity contribution is 0.0698. The van der Waals surface area contributed by atoms with E-state index in [2.05, 4.69) is 10.5 Å². The van der Waals surface area contributed by atoms with Crippen LogP contribution in [-0.4, -0.2) is 17.6 Å². The molecular weight excluding hydrogens is 451 g/mol. The van der Waals surface area contributed by atoms with E-state index >= 15 is 0 Å². The van der Waals surface area contributed by atoms with Gasteiger partial charge >= 0.3 is 5.97 Å². The molecule has 1 N–H and O–H groups in total. The van der Waals surface area contributed by atoms with E-state index in [1.54, 1.807) is 49.4 Å². The fourth-order valence-electron chi connectivity index (χ4n) is 3.63. The van der Waals surface area contributed by atoms with Crippen LogP contribution in [-0.2, 0) is 6.42 Å². The molecule has 1 amide bonds. The van der Waals surface area contributed by atoms with Gasteiger partial charge in [-0.3, -0.25) is 4.79 Å². The normalized spacial score (nSPS) is 14.2. The standard InChI is InChI=1S/C24H20Cl2N2O4/c1-13-12-15(10-11-17(13)25)31-24(30)22-14(2)21-19(8-5-9-20(21)32-22)27-28-23(29)16-6-3-4-7-18(16)26/h3-4,6-7,10-12H,5,8-9H2,1-2H3,(H,28,29)/b27-19+. The summed E-state index contributed by atoms with van der Waals surface area (Å²) in [6.45, 7) is 3.61. The molecule has 4 rings (SSSR count). The molecule has 8 heteroatoms. The molecule has 32 heavy (non-hydrogen) atoms. The highest BCUT2D eigenvalue weighted by atomic mass is 35.5. The molecule has 1 aliphatic carbocycles. The Hall–Kier alpha value is -3.09. The summed E-state index contributed by atoms with van der Waals surface area (Å²) >= 11 is 12.1. The average Bonchev–Trinajstić information content (AvgIpc) is 3.12. The number of hydrogen-bond acceptors (Lipinski definition) is 5. The van der Waals surface area contributed by atoms with Gasteiger partial charge in [-0.1, -0.05) is 35.3 Å². The number of halogens is 2. The van der Waals surface area contributed by atoms with E-state index in [1.807, 2.05) is 6.92 Å². The number of fused-ring (bicyclic) bond motifs is 1. The van der Waals surface area contributed by atoms with Gasteiger partial charge in [-0.25, -0.2) is 10.2 Å². The Kier molecular flexibility index (Phi) is 6.35. The summed E-state index contributed by atoms with van der Waals surface area (Å²) < 4.78 is 11.3. The van der Waals surface area contributed by atoms with E-state index < -0.39 is 11.9 Å². The first-order valence-corrected chi connectivity index (χ1v) is 10.8. The fourth-order valence-corrected chi connectivity index (χ4v) is 3.97. The van der Waals surface area contributed by atoms with Crippen LogP contribution in [0.3, 0.4) is 0 Å². The number of esters is 1. The zero-order valence-corrected chi connectivity index (χ0v) is 19.0. The zero-order valence-electron chi connectivity index (χ0n) is 17.5. The number of amides is 1. The fraction of sp³-hybridized carbons (Fsp3) is 0.208. The number of aryl methyl sites for hydroxylation is 2. The molecule has 0 saturated carbocycles. The number of nitrogens with zero attached hydrogens (tertiary/aromatic N) is 1. The van der Waals surface area contributed by atoms with Crippen LogP contribution in [0, 0.1) is 13.8 Å². The molecule has 2 aromatic carbocycles. The Morgan fingerprint density at radius 3 is 2.59 bits per heavy atom. The molecule has 0 fully saturated rings. The predicted molar refractivity (Wildman–Crippen MR) is 123 cm³/mol. The van der Waals surface area contributed by atoms with Gasteiger partial charge in [0.15, 0.2) is 0 Å². The highest BCUT2D eigenvalue weighted by Gasteiger charge is 2.29. The smallest absolute Gasteiger partial charge is 0.379 e. The van der Waals surface area contributed by atoms with Gasteiger partial charge in [0, 0.05) is 22.6 Å². The number of furan rings is 1. The number of nitrogens with one attached hydrogen (secondary N) is 1. The van der Waals surface area contributed by atoms with Crippen LogP contribution >= 0.6 is 23.2 Å². The average molecular weight is 471 g/mol. The summed E-state index contributed by atoms with van der Waals surface area (Å²) in [5.41, 5.74) is 5.70. The van der Waals surface area contributed by atoms with Gasteiger partial charge in [0.05, 0.1) is 16.3 Å². The van der Waals surface area contributed by atoms with Crippen molar-refractivity contribution in [1.29, 1.82) is 0 Å². The molecule has 6 nitrogen and oxygen atoms in total. The third-order valence-corrected chi connectivity index (χ3v) is 6.02. The van der Waals surface area contributed by atoms with E-state index in [0.29, 0.717) is 51.2 Å². The van der Waals surface area contributed by atoms with Crippen LogP contribution in [0.15, 0.2) is 52.0 Å². The number of hydrogen-bond donors (Lipinski definition) is 1. The lowest BCUT2D eigenvalue weighted by Gasteiger charge is -2.13. The third-order valence-electron chi connectivity index (χ3n) is 5.26. The number of hydrazone groups is 1. The van der Waals surface area contributed by atoms with Crippen LogP contribution in [0.4, 0.5) is 0 Å². The lowest BCUT2D eigenvalue weighted by atomic mass is 9.93. The van der Waals surface area contributed by atoms with Crippen molar-refractivity contribution in [3.05, 3.63) is 86.3 Å². The predicted octanol–water partition coefficient (Wildman–Crippen LogP) is 5.89. The molecule has 0 unspecified atom stereocenters. The van der Waals surface area contributed by atoms with Crippen molar-refractivity contribution in [2.24, 2.45) is 5.10 Å². The lowest BCUT2D eigenvalue weighted by Crippen LogP contribution is -2.22. The van der Waals surface area contributed by atoms with E-state index in [4.69, 9.17) is 32.4 Å². The van der Waals surface area contributed by atoms with Crippen molar-refractivity contribution in [2.45, 2.75) is 33.1 Å². The summed E-state index contributed by atoms with van der Waals surface area (Å²) in [7, 11) is 0. The molecule has 0 bridgehead atoms. The van der Waals surface area contributed by atoms with Gasteiger partial charge in [-0.2, -0.15) is 5.10 Å². The van der Waals surface area contributed by atoms with Crippen LogP contribution in [0.25, 0.3) is 0 Å². The van der Waals surface area contributed by atoms with E-state index in [9.17, 15) is 9.59 Å². The third kappa shape index (κ3) is 4.42. The minimum Gasteiger partial charge on any atom is -0.453 e. The van der Waals surface area contributed by atoms with Crippen LogP contribution in [0.5, 0.6) is 5.75 Å². The molecule has 1 heterocycles. The first kappa shape index (κ1) is 22.1. The van der Waals surface area contributed by atoms with Crippen LogP contribution in [0.1, 0.15) is 56.2 Å². The number of ether oxygens (including phenoxy) is 1. The van der Waals surface area contributed by atoms with Gasteiger partial charge in [-0.05, 0) is 62.6 Å². The van der Waals surface area contributed by atoms with Crippen molar-refractivity contribution < 1.29 is 18.7 Å². The van der Waals surface area contributed by atoms with Gasteiger partial charge in [0.25, 0.3) is 5.91 Å². The molecule has 1 aromatic heterocycles. The summed E-state index contributed by atoms with van der Waals surface area (Å²) in [5, 5.41) is 5.25. The number of carbonyl (C=O) groups excluding carboxylic acids is 2. The van der Waals surface area contributed by atoms with Crippen molar-refractivity contribution >= 4 is 40.8 Å². The SMILES string of the molecule is Cc1cc(OC(=O)c2oc3c(c2C)/C(=N/NC(=O)c2ccccc2Cl)CCC3)ccc1Cl. The summed E-state index contributed by atoms with van der Waals surface area (Å²) in [4.78, 5) is 25.2. The Balaban J connectivity index is 1.57. The largest absolute Gasteiger partial charge is 0.453 e. The van der Waals surface area contributed by atoms with Crippen molar-refractivity contribution in [2.75, 3.05) is 0 Å². The Morgan fingerprint density at radius 2 is 1.84 bits per heavy atom. The molecule has 0 atom stereocenters. The van der Waals surface area contributed by atoms with Gasteiger partial charge < -0.3 is 9.15 Å². The maximum Gasteiger partial charge on any atom is 0.379 e. The van der Waals surface area contributed by atoms with Crippen LogP contribution in [0.2, 0.25) is 10.0 Å². The summed E-state index contributed by atoms with van der Waals surface area (Å²) in [6.07, 6.45) is 2.09. The Labute approximate surface area is 195 Å². The topological polar surface area (TPSA) is 80.9 Å². The molecule has 0 saturated heterocycles. The molecule has 0 spiro atoms. The van der Waals surface area contributed by atoms with Crippen molar-refractivity contribution in [3.63, 3.8) is 0 Å². The maximum atomic E-state index is 12.8. The quantitative estimate of drug-likeness (QED) is 0.292. The first-order valence-electron chi connectivity index (χ1n) is 10.1. The monoisotopic (exact) mass is 470 g/mol. The first-order chi connectivity index (χ1) is 15.3. The molecule has 0 radical (unpaired) electrons. The van der Waals surface area contributed by atoms with Gasteiger partial charge in [-0.15, -0.1) is 0 Å². The molecule has 164 valence electrons. The number of carbonyl (C=O) groups is 2. The molecule has 3 aromatic rings. The Morgan fingerprint density at radius 1 is 1.06 bits per heavy atom. The highest BCUT2D eigenvalue weighted by Crippen LogP contribution is 2.31. The second kappa shape index (κ2) is 9.18. The van der Waals surface area contributed by atoms with Crippen molar-refractivity contribution in [3.8, 4) is 5.75 Å².